The fraction of sp³-hybridized carbons (Fsp3) is 0.176. The van der Waals surface area contributed by atoms with Crippen LogP contribution in [0.15, 0.2) is 42.5 Å². The number of carbonyl (C=O) groups is 2. The number of hydrogen-bond acceptors (Lipinski definition) is 4. The van der Waals surface area contributed by atoms with Gasteiger partial charge in [0.05, 0.1) is 12.2 Å². The summed E-state index contributed by atoms with van der Waals surface area (Å²) < 4.78 is 36.4. The third-order valence-corrected chi connectivity index (χ3v) is 2.93. The van der Waals surface area contributed by atoms with Crippen molar-refractivity contribution in [2.75, 3.05) is 18.5 Å². The van der Waals surface area contributed by atoms with E-state index in [4.69, 9.17) is 9.47 Å². The largest absolute Gasteiger partial charge is 0.482 e. The Kier molecular flexibility index (Phi) is 5.83. The maximum Gasteiger partial charge on any atom is 0.344 e. The molecular weight excluding hydrogens is 320 g/mol. The molecule has 1 amide bonds. The fourth-order valence-electron chi connectivity index (χ4n) is 1.88. The molecule has 0 aromatic heterocycles. The highest BCUT2D eigenvalue weighted by Gasteiger charge is 2.13. The molecule has 0 aliphatic carbocycles. The smallest absolute Gasteiger partial charge is 0.344 e. The van der Waals surface area contributed by atoms with E-state index in [-0.39, 0.29) is 18.8 Å². The summed E-state index contributed by atoms with van der Waals surface area (Å²) in [5.41, 5.74) is 0.0549. The van der Waals surface area contributed by atoms with E-state index in [0.717, 1.165) is 12.1 Å². The first-order chi connectivity index (χ1) is 11.5. The van der Waals surface area contributed by atoms with Crippen molar-refractivity contribution < 1.29 is 27.8 Å². The first kappa shape index (κ1) is 17.4. The molecule has 0 heterocycles. The Bertz CT molecular complexity index is 749. The summed E-state index contributed by atoms with van der Waals surface area (Å²) in [6.07, 6.45) is 0. The van der Waals surface area contributed by atoms with Crippen LogP contribution in [0, 0.1) is 11.6 Å². The highest BCUT2D eigenvalue weighted by atomic mass is 19.1. The summed E-state index contributed by atoms with van der Waals surface area (Å²) in [6.45, 7) is 1.67. The maximum atomic E-state index is 13.6. The number of ether oxygens (including phenoxy) is 2. The number of carbonyl (C=O) groups excluding carboxylic acids is 2. The molecule has 5 nitrogen and oxygen atoms in total. The summed E-state index contributed by atoms with van der Waals surface area (Å²) in [6, 6.07) is 8.91. The topological polar surface area (TPSA) is 64.6 Å². The summed E-state index contributed by atoms with van der Waals surface area (Å²) in [4.78, 5) is 23.3. The van der Waals surface area contributed by atoms with E-state index >= 15 is 0 Å². The van der Waals surface area contributed by atoms with Crippen LogP contribution in [-0.4, -0.2) is 25.1 Å². The lowest BCUT2D eigenvalue weighted by molar-refractivity contribution is -0.145. The molecule has 0 aliphatic rings. The minimum Gasteiger partial charge on any atom is -0.482 e. The quantitative estimate of drug-likeness (QED) is 0.824. The van der Waals surface area contributed by atoms with E-state index in [2.05, 4.69) is 5.32 Å². The predicted octanol–water partition coefficient (Wildman–Crippen LogP) is 3.16. The van der Waals surface area contributed by atoms with Crippen LogP contribution in [0.25, 0.3) is 0 Å². The second-order valence-corrected chi connectivity index (χ2v) is 4.70. The molecule has 126 valence electrons. The van der Waals surface area contributed by atoms with E-state index in [0.29, 0.717) is 17.5 Å². The van der Waals surface area contributed by atoms with Crippen molar-refractivity contribution in [2.45, 2.75) is 6.92 Å². The third kappa shape index (κ3) is 4.77. The number of halogens is 2. The second-order valence-electron chi connectivity index (χ2n) is 4.70. The molecule has 1 N–H and O–H groups in total. The van der Waals surface area contributed by atoms with Crippen LogP contribution in [0.3, 0.4) is 0 Å². The Hall–Kier alpha value is -2.96. The minimum atomic E-state index is -0.956. The van der Waals surface area contributed by atoms with Gasteiger partial charge in [-0.2, -0.15) is 0 Å². The first-order valence-electron chi connectivity index (χ1n) is 7.14. The van der Waals surface area contributed by atoms with Crippen molar-refractivity contribution in [3.05, 3.63) is 59.7 Å². The lowest BCUT2D eigenvalue weighted by Crippen LogP contribution is -2.15. The van der Waals surface area contributed by atoms with Gasteiger partial charge in [0.1, 0.15) is 17.4 Å². The van der Waals surface area contributed by atoms with Crippen molar-refractivity contribution in [3.63, 3.8) is 0 Å². The van der Waals surface area contributed by atoms with E-state index in [1.165, 1.54) is 6.07 Å². The standard InChI is InChI=1S/C17H15F2NO4/c1-2-23-16(21)10-24-13-5-3-4-12(9-13)20-17(22)14-7-6-11(18)8-15(14)19/h3-9H,2,10H2,1H3,(H,20,22). The minimum absolute atomic E-state index is 0.252. The number of nitrogens with one attached hydrogen (secondary N) is 1. The fourth-order valence-corrected chi connectivity index (χ4v) is 1.88. The zero-order chi connectivity index (χ0) is 17.5. The number of rotatable bonds is 6. The van der Waals surface area contributed by atoms with Crippen LogP contribution in [0.1, 0.15) is 17.3 Å². The normalized spacial score (nSPS) is 10.1. The lowest BCUT2D eigenvalue weighted by Gasteiger charge is -2.09. The van der Waals surface area contributed by atoms with Gasteiger partial charge in [-0.25, -0.2) is 13.6 Å². The molecule has 2 aromatic carbocycles. The summed E-state index contributed by atoms with van der Waals surface area (Å²) in [5.74, 6) is -2.63. The molecule has 0 atom stereocenters. The molecule has 24 heavy (non-hydrogen) atoms. The van der Waals surface area contributed by atoms with Crippen molar-refractivity contribution in [2.24, 2.45) is 0 Å². The SMILES string of the molecule is CCOC(=O)COc1cccc(NC(=O)c2ccc(F)cc2F)c1. The van der Waals surface area contributed by atoms with Gasteiger partial charge in [-0.05, 0) is 31.2 Å². The molecule has 0 saturated carbocycles. The monoisotopic (exact) mass is 335 g/mol. The van der Waals surface area contributed by atoms with E-state index in [9.17, 15) is 18.4 Å². The van der Waals surface area contributed by atoms with Gasteiger partial charge in [0, 0.05) is 17.8 Å². The highest BCUT2D eigenvalue weighted by molar-refractivity contribution is 6.04. The van der Waals surface area contributed by atoms with Crippen molar-refractivity contribution in [1.29, 1.82) is 0 Å². The highest BCUT2D eigenvalue weighted by Crippen LogP contribution is 2.19. The Balaban J connectivity index is 2.03. The molecule has 0 unspecified atom stereocenters. The van der Waals surface area contributed by atoms with Crippen LogP contribution >= 0.6 is 0 Å². The average Bonchev–Trinajstić information content (AvgIpc) is 2.53. The summed E-state index contributed by atoms with van der Waals surface area (Å²) in [5, 5.41) is 2.47. The molecular formula is C17H15F2NO4. The van der Waals surface area contributed by atoms with Crippen LogP contribution in [0.2, 0.25) is 0 Å². The maximum absolute atomic E-state index is 13.6. The molecule has 0 spiro atoms. The second kappa shape index (κ2) is 8.05. The summed E-state index contributed by atoms with van der Waals surface area (Å²) in [7, 11) is 0. The molecule has 7 heteroatoms. The van der Waals surface area contributed by atoms with Gasteiger partial charge in [-0.1, -0.05) is 6.07 Å². The number of benzene rings is 2. The first-order valence-corrected chi connectivity index (χ1v) is 7.14. The zero-order valence-electron chi connectivity index (χ0n) is 12.8. The Morgan fingerprint density at radius 1 is 1.12 bits per heavy atom. The van der Waals surface area contributed by atoms with E-state index in [1.54, 1.807) is 25.1 Å². The Morgan fingerprint density at radius 2 is 1.92 bits per heavy atom. The molecule has 0 saturated heterocycles. The van der Waals surface area contributed by atoms with Gasteiger partial charge in [0.25, 0.3) is 5.91 Å². The van der Waals surface area contributed by atoms with E-state index < -0.39 is 23.5 Å². The van der Waals surface area contributed by atoms with Crippen LogP contribution < -0.4 is 10.1 Å². The molecule has 0 aliphatic heterocycles. The molecule has 0 radical (unpaired) electrons. The van der Waals surface area contributed by atoms with Crippen LogP contribution in [0.4, 0.5) is 14.5 Å². The molecule has 2 rings (SSSR count). The number of amides is 1. The number of esters is 1. The van der Waals surface area contributed by atoms with Crippen LogP contribution in [0.5, 0.6) is 5.75 Å². The zero-order valence-corrected chi connectivity index (χ0v) is 12.8. The molecule has 0 fully saturated rings. The van der Waals surface area contributed by atoms with Gasteiger partial charge in [0.2, 0.25) is 0 Å². The van der Waals surface area contributed by atoms with Gasteiger partial charge in [-0.3, -0.25) is 4.79 Å². The average molecular weight is 335 g/mol. The van der Waals surface area contributed by atoms with Crippen LogP contribution in [-0.2, 0) is 9.53 Å². The Morgan fingerprint density at radius 3 is 2.62 bits per heavy atom. The molecule has 0 bridgehead atoms. The predicted molar refractivity (Wildman–Crippen MR) is 82.9 cm³/mol. The van der Waals surface area contributed by atoms with Crippen molar-refractivity contribution >= 4 is 17.6 Å². The lowest BCUT2D eigenvalue weighted by atomic mass is 10.2. The van der Waals surface area contributed by atoms with Crippen molar-refractivity contribution in [1.82, 2.24) is 0 Å². The van der Waals surface area contributed by atoms with Gasteiger partial charge >= 0.3 is 5.97 Å². The summed E-state index contributed by atoms with van der Waals surface area (Å²) >= 11 is 0. The van der Waals surface area contributed by atoms with Crippen molar-refractivity contribution in [3.8, 4) is 5.75 Å². The molecule has 2 aromatic rings. The van der Waals surface area contributed by atoms with Gasteiger partial charge in [-0.15, -0.1) is 0 Å². The third-order valence-electron chi connectivity index (χ3n) is 2.93. The van der Waals surface area contributed by atoms with Gasteiger partial charge < -0.3 is 14.8 Å². The Labute approximate surface area is 137 Å². The number of anilines is 1. The van der Waals surface area contributed by atoms with Gasteiger partial charge in [0.15, 0.2) is 6.61 Å². The van der Waals surface area contributed by atoms with E-state index in [1.807, 2.05) is 0 Å². The number of hydrogen-bond donors (Lipinski definition) is 1.